The lowest BCUT2D eigenvalue weighted by molar-refractivity contribution is 0.961. The molecule has 3 rings (SSSR count). The lowest BCUT2D eigenvalue weighted by Gasteiger charge is -2.11. The summed E-state index contributed by atoms with van der Waals surface area (Å²) in [7, 11) is 0. The summed E-state index contributed by atoms with van der Waals surface area (Å²) >= 11 is 0. The van der Waals surface area contributed by atoms with Crippen molar-refractivity contribution in [2.75, 3.05) is 5.43 Å². The van der Waals surface area contributed by atoms with E-state index >= 15 is 0 Å². The topological polar surface area (TPSA) is 55.1 Å². The second-order valence-corrected chi connectivity index (χ2v) is 6.77. The number of hydrogen-bond acceptors (Lipinski definition) is 4. The van der Waals surface area contributed by atoms with Gasteiger partial charge >= 0.3 is 0 Å². The largest absolute Gasteiger partial charge is 0.318 e. The highest BCUT2D eigenvalue weighted by Gasteiger charge is 2.10. The second kappa shape index (κ2) is 7.12. The second-order valence-electron chi connectivity index (χ2n) is 6.77. The highest BCUT2D eigenvalue weighted by atomic mass is 15.3. The molecule has 0 saturated carbocycles. The minimum atomic E-state index is 0.515. The zero-order valence-electron chi connectivity index (χ0n) is 16.3. The molecule has 0 amide bonds. The number of benzene rings is 1. The Bertz CT molecular complexity index is 962. The Balaban J connectivity index is 1.86. The van der Waals surface area contributed by atoms with Gasteiger partial charge in [0.2, 0.25) is 5.95 Å². The summed E-state index contributed by atoms with van der Waals surface area (Å²) in [4.78, 5) is 8.67. The van der Waals surface area contributed by atoms with Gasteiger partial charge < -0.3 is 4.57 Å². The molecule has 2 heterocycles. The van der Waals surface area contributed by atoms with Crippen LogP contribution in [0.25, 0.3) is 5.69 Å². The maximum absolute atomic E-state index is 4.33. The van der Waals surface area contributed by atoms with Crippen molar-refractivity contribution < 1.29 is 0 Å². The summed E-state index contributed by atoms with van der Waals surface area (Å²) < 4.78 is 2.25. The van der Waals surface area contributed by atoms with Crippen LogP contribution < -0.4 is 5.43 Å². The van der Waals surface area contributed by atoms with Gasteiger partial charge in [-0.05, 0) is 76.9 Å². The van der Waals surface area contributed by atoms with Gasteiger partial charge in [-0.25, -0.2) is 15.4 Å². The lowest BCUT2D eigenvalue weighted by Crippen LogP contribution is -2.01. The fourth-order valence-electron chi connectivity index (χ4n) is 3.12. The molecule has 0 unspecified atom stereocenters. The van der Waals surface area contributed by atoms with Crippen LogP contribution in [0.1, 0.15) is 39.5 Å². The standard InChI is InChI=1S/C21H25N5/c1-13-7-8-20(9-14(13)2)26-17(5)11-19(18(26)6)12-22-25-21-23-15(3)10-16(4)24-21/h7-12H,1-6H3,(H,23,24,25). The zero-order chi connectivity index (χ0) is 18.8. The summed E-state index contributed by atoms with van der Waals surface area (Å²) in [5.74, 6) is 0.515. The van der Waals surface area contributed by atoms with Crippen LogP contribution in [0.4, 0.5) is 5.95 Å². The van der Waals surface area contributed by atoms with E-state index < -0.39 is 0 Å². The van der Waals surface area contributed by atoms with Crippen molar-refractivity contribution >= 4 is 12.2 Å². The molecule has 1 N–H and O–H groups in total. The molecule has 0 aliphatic heterocycles. The third-order valence-corrected chi connectivity index (χ3v) is 4.57. The van der Waals surface area contributed by atoms with Gasteiger partial charge in [0.1, 0.15) is 0 Å². The number of hydrazone groups is 1. The molecule has 5 nitrogen and oxygen atoms in total. The van der Waals surface area contributed by atoms with E-state index in [0.717, 1.165) is 22.6 Å². The average Bonchev–Trinajstić information content (AvgIpc) is 2.83. The predicted octanol–water partition coefficient (Wildman–Crippen LogP) is 4.56. The molecule has 5 heteroatoms. The maximum Gasteiger partial charge on any atom is 0.243 e. The Morgan fingerprint density at radius 3 is 2.23 bits per heavy atom. The van der Waals surface area contributed by atoms with Crippen molar-refractivity contribution in [2.45, 2.75) is 41.5 Å². The number of hydrogen-bond donors (Lipinski definition) is 1. The number of rotatable bonds is 4. The Kier molecular flexibility index (Phi) is 4.89. The Labute approximate surface area is 154 Å². The summed E-state index contributed by atoms with van der Waals surface area (Å²) in [6, 6.07) is 10.6. The first-order valence-corrected chi connectivity index (χ1v) is 8.73. The van der Waals surface area contributed by atoms with Gasteiger partial charge in [-0.1, -0.05) is 6.07 Å². The molecule has 0 fully saturated rings. The summed E-state index contributed by atoms with van der Waals surface area (Å²) in [5, 5.41) is 4.32. The van der Waals surface area contributed by atoms with E-state index in [4.69, 9.17) is 0 Å². The van der Waals surface area contributed by atoms with Gasteiger partial charge in [0.15, 0.2) is 0 Å². The van der Waals surface area contributed by atoms with Gasteiger partial charge in [-0.2, -0.15) is 5.10 Å². The van der Waals surface area contributed by atoms with Crippen LogP contribution in [0.2, 0.25) is 0 Å². The third-order valence-electron chi connectivity index (χ3n) is 4.57. The van der Waals surface area contributed by atoms with E-state index in [-0.39, 0.29) is 0 Å². The number of nitrogens with zero attached hydrogens (tertiary/aromatic N) is 4. The van der Waals surface area contributed by atoms with Crippen LogP contribution in [0.15, 0.2) is 35.4 Å². The Morgan fingerprint density at radius 1 is 0.885 bits per heavy atom. The van der Waals surface area contributed by atoms with Crippen molar-refractivity contribution in [3.05, 3.63) is 69.8 Å². The predicted molar refractivity (Wildman–Crippen MR) is 107 cm³/mol. The first kappa shape index (κ1) is 17.9. The number of aromatic nitrogens is 3. The van der Waals surface area contributed by atoms with Crippen molar-refractivity contribution in [2.24, 2.45) is 5.10 Å². The average molecular weight is 347 g/mol. The summed E-state index contributed by atoms with van der Waals surface area (Å²) in [6.45, 7) is 12.4. The van der Waals surface area contributed by atoms with Crippen LogP contribution in [0, 0.1) is 41.5 Å². The summed E-state index contributed by atoms with van der Waals surface area (Å²) in [6.07, 6.45) is 1.82. The molecule has 0 spiro atoms. The molecular formula is C21H25N5. The number of aryl methyl sites for hydroxylation is 5. The molecule has 0 aliphatic carbocycles. The van der Waals surface area contributed by atoms with Crippen LogP contribution in [-0.2, 0) is 0 Å². The molecule has 0 saturated heterocycles. The first-order valence-electron chi connectivity index (χ1n) is 8.73. The van der Waals surface area contributed by atoms with Crippen LogP contribution in [-0.4, -0.2) is 20.7 Å². The quantitative estimate of drug-likeness (QED) is 0.556. The highest BCUT2D eigenvalue weighted by Crippen LogP contribution is 2.21. The molecule has 2 aromatic heterocycles. The lowest BCUT2D eigenvalue weighted by atomic mass is 10.1. The van der Waals surface area contributed by atoms with Crippen molar-refractivity contribution in [3.8, 4) is 5.69 Å². The maximum atomic E-state index is 4.33. The van der Waals surface area contributed by atoms with E-state index in [9.17, 15) is 0 Å². The van der Waals surface area contributed by atoms with Crippen LogP contribution in [0.5, 0.6) is 0 Å². The third kappa shape index (κ3) is 3.67. The van der Waals surface area contributed by atoms with E-state index in [2.05, 4.69) is 77.0 Å². The Morgan fingerprint density at radius 2 is 1.58 bits per heavy atom. The van der Waals surface area contributed by atoms with Gasteiger partial charge in [-0.3, -0.25) is 0 Å². The molecule has 1 aromatic carbocycles. The van der Waals surface area contributed by atoms with E-state index in [1.165, 1.54) is 22.5 Å². The smallest absolute Gasteiger partial charge is 0.243 e. The molecule has 3 aromatic rings. The molecule has 0 atom stereocenters. The normalized spacial score (nSPS) is 11.3. The van der Waals surface area contributed by atoms with Gasteiger partial charge in [0.25, 0.3) is 0 Å². The number of nitrogens with one attached hydrogen (secondary N) is 1. The van der Waals surface area contributed by atoms with Crippen LogP contribution >= 0.6 is 0 Å². The van der Waals surface area contributed by atoms with Crippen LogP contribution in [0.3, 0.4) is 0 Å². The Hall–Kier alpha value is -2.95. The van der Waals surface area contributed by atoms with Crippen molar-refractivity contribution in [1.82, 2.24) is 14.5 Å². The van der Waals surface area contributed by atoms with Gasteiger partial charge in [0, 0.05) is 34.0 Å². The minimum Gasteiger partial charge on any atom is -0.318 e. The SMILES string of the molecule is Cc1cc(C)nc(NN=Cc2cc(C)n(-c3ccc(C)c(C)c3)c2C)n1. The molecule has 0 radical (unpaired) electrons. The number of anilines is 1. The fourth-order valence-corrected chi connectivity index (χ4v) is 3.12. The van der Waals surface area contributed by atoms with E-state index in [1.54, 1.807) is 0 Å². The van der Waals surface area contributed by atoms with Crippen molar-refractivity contribution in [1.29, 1.82) is 0 Å². The molecule has 0 bridgehead atoms. The summed E-state index contributed by atoms with van der Waals surface area (Å²) in [5.41, 5.74) is 11.9. The minimum absolute atomic E-state index is 0.515. The molecular weight excluding hydrogens is 322 g/mol. The zero-order valence-corrected chi connectivity index (χ0v) is 16.3. The molecule has 26 heavy (non-hydrogen) atoms. The molecule has 0 aliphatic rings. The first-order chi connectivity index (χ1) is 12.3. The van der Waals surface area contributed by atoms with Crippen molar-refractivity contribution in [3.63, 3.8) is 0 Å². The molecule has 134 valence electrons. The fraction of sp³-hybridized carbons (Fsp3) is 0.286. The van der Waals surface area contributed by atoms with E-state index in [0.29, 0.717) is 5.95 Å². The van der Waals surface area contributed by atoms with Gasteiger partial charge in [-0.15, -0.1) is 0 Å². The van der Waals surface area contributed by atoms with E-state index in [1.807, 2.05) is 26.1 Å². The van der Waals surface area contributed by atoms with Gasteiger partial charge in [0.05, 0.1) is 6.21 Å². The highest BCUT2D eigenvalue weighted by molar-refractivity contribution is 5.82. The monoisotopic (exact) mass is 347 g/mol.